The van der Waals surface area contributed by atoms with Gasteiger partial charge >= 0.3 is 0 Å². The SMILES string of the molecule is CCN(CC)C1(C#N)CCN2CCCC21. The Bertz CT molecular complexity index is 267. The summed E-state index contributed by atoms with van der Waals surface area (Å²) in [6, 6.07) is 3.14. The Morgan fingerprint density at radius 1 is 1.40 bits per heavy atom. The van der Waals surface area contributed by atoms with E-state index in [1.165, 1.54) is 19.4 Å². The quantitative estimate of drug-likeness (QED) is 0.702. The topological polar surface area (TPSA) is 30.3 Å². The van der Waals surface area contributed by atoms with Crippen LogP contribution in [0.2, 0.25) is 0 Å². The summed E-state index contributed by atoms with van der Waals surface area (Å²) in [4.78, 5) is 4.88. The van der Waals surface area contributed by atoms with Crippen molar-refractivity contribution in [2.24, 2.45) is 0 Å². The fourth-order valence-electron chi connectivity index (χ4n) is 3.47. The van der Waals surface area contributed by atoms with Gasteiger partial charge in [-0.2, -0.15) is 5.26 Å². The number of fused-ring (bicyclic) bond motifs is 1. The van der Waals surface area contributed by atoms with E-state index in [9.17, 15) is 5.26 Å². The van der Waals surface area contributed by atoms with Gasteiger partial charge in [0.25, 0.3) is 0 Å². The first-order valence-corrected chi connectivity index (χ1v) is 6.19. The van der Waals surface area contributed by atoms with Gasteiger partial charge in [-0.3, -0.25) is 9.80 Å². The maximum Gasteiger partial charge on any atom is 0.126 e. The first kappa shape index (κ1) is 10.9. The molecule has 2 aliphatic rings. The molecule has 0 amide bonds. The number of hydrogen-bond acceptors (Lipinski definition) is 3. The highest BCUT2D eigenvalue weighted by Crippen LogP contribution is 2.39. The molecule has 2 atom stereocenters. The summed E-state index contributed by atoms with van der Waals surface area (Å²) in [6.07, 6.45) is 3.52. The second kappa shape index (κ2) is 4.11. The maximum absolute atomic E-state index is 9.58. The van der Waals surface area contributed by atoms with Gasteiger partial charge in [0.1, 0.15) is 5.54 Å². The van der Waals surface area contributed by atoms with Gasteiger partial charge in [0, 0.05) is 12.6 Å². The van der Waals surface area contributed by atoms with Crippen molar-refractivity contribution in [1.82, 2.24) is 9.80 Å². The van der Waals surface area contributed by atoms with Gasteiger partial charge in [0.15, 0.2) is 0 Å². The molecule has 0 aromatic heterocycles. The van der Waals surface area contributed by atoms with E-state index < -0.39 is 0 Å². The van der Waals surface area contributed by atoms with E-state index >= 15 is 0 Å². The smallest absolute Gasteiger partial charge is 0.126 e. The maximum atomic E-state index is 9.58. The molecule has 0 spiro atoms. The number of rotatable bonds is 3. The van der Waals surface area contributed by atoms with Crippen LogP contribution < -0.4 is 0 Å². The molecule has 0 radical (unpaired) electrons. The molecule has 2 saturated heterocycles. The zero-order valence-electron chi connectivity index (χ0n) is 9.87. The summed E-state index contributed by atoms with van der Waals surface area (Å²) in [5, 5.41) is 9.58. The third-order valence-electron chi connectivity index (χ3n) is 4.22. The Kier molecular flexibility index (Phi) is 2.99. The fraction of sp³-hybridized carbons (Fsp3) is 0.917. The van der Waals surface area contributed by atoms with Crippen molar-refractivity contribution in [3.63, 3.8) is 0 Å². The third kappa shape index (κ3) is 1.47. The van der Waals surface area contributed by atoms with Crippen molar-refractivity contribution in [3.8, 4) is 6.07 Å². The first-order chi connectivity index (χ1) is 7.28. The Labute approximate surface area is 92.7 Å². The van der Waals surface area contributed by atoms with Crippen molar-refractivity contribution in [2.75, 3.05) is 26.2 Å². The van der Waals surface area contributed by atoms with Crippen molar-refractivity contribution < 1.29 is 0 Å². The Morgan fingerprint density at radius 2 is 2.13 bits per heavy atom. The standard InChI is InChI=1S/C12H21N3/c1-3-15(4-2)12(10-13)7-9-14-8-5-6-11(12)14/h11H,3-9H2,1-2H3. The molecule has 2 fully saturated rings. The minimum absolute atomic E-state index is 0.181. The normalized spacial score (nSPS) is 35.7. The third-order valence-corrected chi connectivity index (χ3v) is 4.22. The molecule has 0 aromatic carbocycles. The highest BCUT2D eigenvalue weighted by atomic mass is 15.3. The molecule has 2 heterocycles. The average molecular weight is 207 g/mol. The molecule has 0 bridgehead atoms. The molecule has 0 saturated carbocycles. The molecule has 3 nitrogen and oxygen atoms in total. The Morgan fingerprint density at radius 3 is 2.73 bits per heavy atom. The van der Waals surface area contributed by atoms with Crippen LogP contribution in [0.1, 0.15) is 33.1 Å². The minimum atomic E-state index is -0.181. The first-order valence-electron chi connectivity index (χ1n) is 6.19. The van der Waals surface area contributed by atoms with Crippen LogP contribution in [-0.4, -0.2) is 47.6 Å². The molecule has 84 valence electrons. The van der Waals surface area contributed by atoms with Crippen molar-refractivity contribution >= 4 is 0 Å². The second-order valence-electron chi connectivity index (χ2n) is 4.65. The van der Waals surface area contributed by atoms with Crippen LogP contribution in [0.3, 0.4) is 0 Å². The molecular weight excluding hydrogens is 186 g/mol. The summed E-state index contributed by atoms with van der Waals surface area (Å²) < 4.78 is 0. The molecule has 15 heavy (non-hydrogen) atoms. The lowest BCUT2D eigenvalue weighted by Gasteiger charge is -2.38. The van der Waals surface area contributed by atoms with Crippen LogP contribution in [0.4, 0.5) is 0 Å². The van der Waals surface area contributed by atoms with Gasteiger partial charge in [-0.25, -0.2) is 0 Å². The van der Waals surface area contributed by atoms with Crippen molar-refractivity contribution in [2.45, 2.75) is 44.7 Å². The van der Waals surface area contributed by atoms with Crippen LogP contribution in [0.5, 0.6) is 0 Å². The number of nitrogens with zero attached hydrogens (tertiary/aromatic N) is 3. The second-order valence-corrected chi connectivity index (χ2v) is 4.65. The zero-order valence-corrected chi connectivity index (χ0v) is 9.87. The van der Waals surface area contributed by atoms with Gasteiger partial charge in [-0.05, 0) is 38.9 Å². The minimum Gasteiger partial charge on any atom is -0.297 e. The van der Waals surface area contributed by atoms with E-state index in [-0.39, 0.29) is 5.54 Å². The summed E-state index contributed by atoms with van der Waals surface area (Å²) in [7, 11) is 0. The molecule has 2 rings (SSSR count). The van der Waals surface area contributed by atoms with E-state index in [2.05, 4.69) is 29.7 Å². The molecular formula is C12H21N3. The summed E-state index contributed by atoms with van der Waals surface area (Å²) in [5.74, 6) is 0. The lowest BCUT2D eigenvalue weighted by Crippen LogP contribution is -2.54. The average Bonchev–Trinajstić information content (AvgIpc) is 2.83. The van der Waals surface area contributed by atoms with Crippen LogP contribution in [0, 0.1) is 11.3 Å². The summed E-state index contributed by atoms with van der Waals surface area (Å²) >= 11 is 0. The Hall–Kier alpha value is -0.590. The van der Waals surface area contributed by atoms with E-state index in [0.29, 0.717) is 6.04 Å². The van der Waals surface area contributed by atoms with Gasteiger partial charge in [0.2, 0.25) is 0 Å². The summed E-state index contributed by atoms with van der Waals surface area (Å²) in [6.45, 7) is 8.65. The zero-order chi connectivity index (χ0) is 10.9. The molecule has 0 aliphatic carbocycles. The van der Waals surface area contributed by atoms with E-state index in [0.717, 1.165) is 26.1 Å². The lowest BCUT2D eigenvalue weighted by molar-refractivity contribution is 0.117. The van der Waals surface area contributed by atoms with E-state index in [1.807, 2.05) is 0 Å². The molecule has 0 N–H and O–H groups in total. The number of nitriles is 1. The summed E-state index contributed by atoms with van der Waals surface area (Å²) in [5.41, 5.74) is -0.181. The van der Waals surface area contributed by atoms with Crippen LogP contribution in [0.15, 0.2) is 0 Å². The van der Waals surface area contributed by atoms with E-state index in [1.54, 1.807) is 0 Å². The van der Waals surface area contributed by atoms with Gasteiger partial charge in [-0.15, -0.1) is 0 Å². The van der Waals surface area contributed by atoms with Gasteiger partial charge < -0.3 is 0 Å². The monoisotopic (exact) mass is 207 g/mol. The highest BCUT2D eigenvalue weighted by Gasteiger charge is 2.52. The van der Waals surface area contributed by atoms with E-state index in [4.69, 9.17) is 0 Å². The fourth-order valence-corrected chi connectivity index (χ4v) is 3.47. The molecule has 0 aromatic rings. The predicted octanol–water partition coefficient (Wildman–Crippen LogP) is 1.46. The van der Waals surface area contributed by atoms with Crippen LogP contribution in [0.25, 0.3) is 0 Å². The van der Waals surface area contributed by atoms with Crippen molar-refractivity contribution in [1.29, 1.82) is 5.26 Å². The predicted molar refractivity (Wildman–Crippen MR) is 60.5 cm³/mol. The van der Waals surface area contributed by atoms with Crippen LogP contribution in [-0.2, 0) is 0 Å². The number of hydrogen-bond donors (Lipinski definition) is 0. The van der Waals surface area contributed by atoms with Gasteiger partial charge in [-0.1, -0.05) is 13.8 Å². The molecule has 2 aliphatic heterocycles. The van der Waals surface area contributed by atoms with Crippen LogP contribution >= 0.6 is 0 Å². The molecule has 3 heteroatoms. The van der Waals surface area contributed by atoms with Crippen molar-refractivity contribution in [3.05, 3.63) is 0 Å². The molecule has 2 unspecified atom stereocenters. The largest absolute Gasteiger partial charge is 0.297 e. The Balaban J connectivity index is 2.25. The van der Waals surface area contributed by atoms with Gasteiger partial charge in [0.05, 0.1) is 6.07 Å². The highest BCUT2D eigenvalue weighted by molar-refractivity contribution is 5.20. The lowest BCUT2D eigenvalue weighted by atomic mass is 9.88. The number of likely N-dealkylation sites (N-methyl/N-ethyl adjacent to an activating group) is 1.